The van der Waals surface area contributed by atoms with Crippen molar-refractivity contribution in [2.24, 2.45) is 0 Å². The highest BCUT2D eigenvalue weighted by molar-refractivity contribution is 5.94. The molecule has 1 aliphatic rings. The first-order valence-corrected chi connectivity index (χ1v) is 6.13. The van der Waals surface area contributed by atoms with Gasteiger partial charge >= 0.3 is 0 Å². The minimum atomic E-state index is -0.426. The van der Waals surface area contributed by atoms with Crippen molar-refractivity contribution in [3.63, 3.8) is 0 Å². The molecule has 1 amide bonds. The van der Waals surface area contributed by atoms with Gasteiger partial charge in [-0.3, -0.25) is 4.79 Å². The van der Waals surface area contributed by atoms with Gasteiger partial charge in [-0.25, -0.2) is 4.39 Å². The topological polar surface area (TPSA) is 20.3 Å². The van der Waals surface area contributed by atoms with Gasteiger partial charge in [0, 0.05) is 13.1 Å². The summed E-state index contributed by atoms with van der Waals surface area (Å²) in [6, 6.07) is 4.96. The van der Waals surface area contributed by atoms with Crippen molar-refractivity contribution in [2.75, 3.05) is 7.05 Å². The fourth-order valence-corrected chi connectivity index (χ4v) is 2.45. The van der Waals surface area contributed by atoms with Crippen molar-refractivity contribution in [3.8, 4) is 0 Å². The van der Waals surface area contributed by atoms with E-state index in [1.165, 1.54) is 18.9 Å². The molecule has 0 atom stereocenters. The highest BCUT2D eigenvalue weighted by Gasteiger charge is 2.25. The minimum absolute atomic E-state index is 0.194. The summed E-state index contributed by atoms with van der Waals surface area (Å²) in [7, 11) is 1.78. The van der Waals surface area contributed by atoms with Crippen molar-refractivity contribution in [1.82, 2.24) is 4.90 Å². The van der Waals surface area contributed by atoms with Crippen LogP contribution in [0.1, 0.15) is 41.6 Å². The lowest BCUT2D eigenvalue weighted by molar-refractivity contribution is 0.0730. The molecule has 2 nitrogen and oxygen atoms in total. The Labute approximate surface area is 101 Å². The smallest absolute Gasteiger partial charge is 0.256 e. The lowest BCUT2D eigenvalue weighted by atomic mass is 10.1. The van der Waals surface area contributed by atoms with Crippen LogP contribution in [-0.2, 0) is 0 Å². The largest absolute Gasteiger partial charge is 0.339 e. The second-order valence-corrected chi connectivity index (χ2v) is 4.84. The molecule has 3 heteroatoms. The summed E-state index contributed by atoms with van der Waals surface area (Å²) >= 11 is 0. The molecule has 0 aromatic heterocycles. The molecule has 17 heavy (non-hydrogen) atoms. The summed E-state index contributed by atoms with van der Waals surface area (Å²) in [6.45, 7) is 1.87. The molecule has 1 aromatic carbocycles. The molecule has 0 heterocycles. The lowest BCUT2D eigenvalue weighted by Crippen LogP contribution is -2.35. The monoisotopic (exact) mass is 235 g/mol. The second-order valence-electron chi connectivity index (χ2n) is 4.84. The van der Waals surface area contributed by atoms with E-state index in [4.69, 9.17) is 0 Å². The highest BCUT2D eigenvalue weighted by Crippen LogP contribution is 2.24. The number of carbonyl (C=O) groups excluding carboxylic acids is 1. The summed E-state index contributed by atoms with van der Waals surface area (Å²) in [5, 5.41) is 0. The van der Waals surface area contributed by atoms with E-state index in [-0.39, 0.29) is 17.5 Å². The standard InChI is InChI=1S/C14H18FNO/c1-10-7-8-13(15)12(9-10)14(17)16(2)11-5-3-4-6-11/h7-9,11H,3-6H2,1-2H3. The zero-order chi connectivity index (χ0) is 12.4. The van der Waals surface area contributed by atoms with E-state index in [2.05, 4.69) is 0 Å². The van der Waals surface area contributed by atoms with Crippen molar-refractivity contribution in [2.45, 2.75) is 38.6 Å². The molecular weight excluding hydrogens is 217 g/mol. The van der Waals surface area contributed by atoms with Crippen molar-refractivity contribution < 1.29 is 9.18 Å². The predicted molar refractivity (Wildman–Crippen MR) is 65.5 cm³/mol. The Kier molecular flexibility index (Phi) is 3.46. The lowest BCUT2D eigenvalue weighted by Gasteiger charge is -2.24. The Morgan fingerprint density at radius 3 is 2.65 bits per heavy atom. The van der Waals surface area contributed by atoms with Gasteiger partial charge in [0.15, 0.2) is 0 Å². The van der Waals surface area contributed by atoms with E-state index in [0.717, 1.165) is 18.4 Å². The van der Waals surface area contributed by atoms with E-state index in [1.807, 2.05) is 6.92 Å². The van der Waals surface area contributed by atoms with Crippen LogP contribution in [0.3, 0.4) is 0 Å². The van der Waals surface area contributed by atoms with Gasteiger partial charge in [-0.1, -0.05) is 24.5 Å². The molecule has 1 saturated carbocycles. The second kappa shape index (κ2) is 4.86. The fraction of sp³-hybridized carbons (Fsp3) is 0.500. The first-order chi connectivity index (χ1) is 8.09. The molecule has 0 unspecified atom stereocenters. The van der Waals surface area contributed by atoms with Crippen LogP contribution < -0.4 is 0 Å². The molecule has 0 aliphatic heterocycles. The number of benzene rings is 1. The summed E-state index contributed by atoms with van der Waals surface area (Å²) < 4.78 is 13.6. The molecule has 0 spiro atoms. The van der Waals surface area contributed by atoms with Crippen molar-refractivity contribution >= 4 is 5.91 Å². The van der Waals surface area contributed by atoms with Crippen LogP contribution in [0.5, 0.6) is 0 Å². The Morgan fingerprint density at radius 1 is 1.35 bits per heavy atom. The van der Waals surface area contributed by atoms with Gasteiger partial charge in [-0.15, -0.1) is 0 Å². The van der Waals surface area contributed by atoms with Gasteiger partial charge in [-0.2, -0.15) is 0 Å². The summed E-state index contributed by atoms with van der Waals surface area (Å²) in [6.07, 6.45) is 4.41. The molecule has 2 rings (SSSR count). The molecule has 92 valence electrons. The third-order valence-corrected chi connectivity index (χ3v) is 3.55. The van der Waals surface area contributed by atoms with Gasteiger partial charge < -0.3 is 4.90 Å². The highest BCUT2D eigenvalue weighted by atomic mass is 19.1. The maximum absolute atomic E-state index is 13.6. The van der Waals surface area contributed by atoms with Crippen LogP contribution in [0.2, 0.25) is 0 Å². The van der Waals surface area contributed by atoms with Crippen LogP contribution in [-0.4, -0.2) is 23.9 Å². The molecule has 1 aliphatic carbocycles. The van der Waals surface area contributed by atoms with Gasteiger partial charge in [0.2, 0.25) is 0 Å². The molecule has 0 N–H and O–H groups in total. The summed E-state index contributed by atoms with van der Waals surface area (Å²) in [5.74, 6) is -0.622. The number of aryl methyl sites for hydroxylation is 1. The van der Waals surface area contributed by atoms with E-state index >= 15 is 0 Å². The van der Waals surface area contributed by atoms with E-state index in [9.17, 15) is 9.18 Å². The average Bonchev–Trinajstić information content (AvgIpc) is 2.84. The van der Waals surface area contributed by atoms with Crippen molar-refractivity contribution in [1.29, 1.82) is 0 Å². The predicted octanol–water partition coefficient (Wildman–Crippen LogP) is 3.15. The number of carbonyl (C=O) groups is 1. The fourth-order valence-electron chi connectivity index (χ4n) is 2.45. The summed E-state index contributed by atoms with van der Waals surface area (Å²) in [4.78, 5) is 13.9. The Hall–Kier alpha value is -1.38. The van der Waals surface area contributed by atoms with E-state index < -0.39 is 5.82 Å². The van der Waals surface area contributed by atoms with E-state index in [1.54, 1.807) is 24.1 Å². The maximum atomic E-state index is 13.6. The number of nitrogens with zero attached hydrogens (tertiary/aromatic N) is 1. The van der Waals surface area contributed by atoms with Crippen LogP contribution in [0.25, 0.3) is 0 Å². The normalized spacial score (nSPS) is 16.2. The minimum Gasteiger partial charge on any atom is -0.339 e. The van der Waals surface area contributed by atoms with Crippen LogP contribution in [0.15, 0.2) is 18.2 Å². The Balaban J connectivity index is 2.20. The van der Waals surface area contributed by atoms with Gasteiger partial charge in [0.05, 0.1) is 5.56 Å². The summed E-state index contributed by atoms with van der Waals surface area (Å²) in [5.41, 5.74) is 1.11. The first kappa shape index (κ1) is 12.1. The van der Waals surface area contributed by atoms with Crippen LogP contribution in [0.4, 0.5) is 4.39 Å². The molecule has 1 aromatic rings. The number of halogens is 1. The average molecular weight is 235 g/mol. The molecule has 1 fully saturated rings. The quantitative estimate of drug-likeness (QED) is 0.771. The molecule has 0 saturated heterocycles. The zero-order valence-corrected chi connectivity index (χ0v) is 10.4. The third-order valence-electron chi connectivity index (χ3n) is 3.55. The van der Waals surface area contributed by atoms with Crippen LogP contribution >= 0.6 is 0 Å². The van der Waals surface area contributed by atoms with E-state index in [0.29, 0.717) is 0 Å². The number of amides is 1. The molecule has 0 radical (unpaired) electrons. The van der Waals surface area contributed by atoms with Gasteiger partial charge in [0.25, 0.3) is 5.91 Å². The third kappa shape index (κ3) is 2.48. The maximum Gasteiger partial charge on any atom is 0.256 e. The number of rotatable bonds is 2. The number of hydrogen-bond acceptors (Lipinski definition) is 1. The number of hydrogen-bond donors (Lipinski definition) is 0. The van der Waals surface area contributed by atoms with Crippen molar-refractivity contribution in [3.05, 3.63) is 35.1 Å². The SMILES string of the molecule is Cc1ccc(F)c(C(=O)N(C)C2CCCC2)c1. The zero-order valence-electron chi connectivity index (χ0n) is 10.4. The Morgan fingerprint density at radius 2 is 2.00 bits per heavy atom. The molecule has 0 bridgehead atoms. The first-order valence-electron chi connectivity index (χ1n) is 6.13. The molecular formula is C14H18FNO. The Bertz CT molecular complexity index is 424. The van der Waals surface area contributed by atoms with Gasteiger partial charge in [-0.05, 0) is 31.9 Å². The van der Waals surface area contributed by atoms with Gasteiger partial charge in [0.1, 0.15) is 5.82 Å². The van der Waals surface area contributed by atoms with Crippen LogP contribution in [0, 0.1) is 12.7 Å².